The Bertz CT molecular complexity index is 431. The highest BCUT2D eigenvalue weighted by Crippen LogP contribution is 2.20. The van der Waals surface area contributed by atoms with E-state index >= 15 is 0 Å². The first kappa shape index (κ1) is 12.8. The molecule has 6 nitrogen and oxygen atoms in total. The Hall–Kier alpha value is -1.69. The van der Waals surface area contributed by atoms with Crippen molar-refractivity contribution in [1.82, 2.24) is 4.98 Å². The third-order valence-corrected chi connectivity index (χ3v) is 3.10. The fourth-order valence-corrected chi connectivity index (χ4v) is 2.02. The molecule has 1 aromatic heterocycles. The first-order chi connectivity index (χ1) is 8.66. The van der Waals surface area contributed by atoms with Crippen LogP contribution in [-0.2, 0) is 4.74 Å². The Morgan fingerprint density at radius 3 is 3.17 bits per heavy atom. The molecule has 18 heavy (non-hydrogen) atoms. The lowest BCUT2D eigenvalue weighted by molar-refractivity contribution is -0.385. The van der Waals surface area contributed by atoms with Gasteiger partial charge in [-0.1, -0.05) is 0 Å². The van der Waals surface area contributed by atoms with Crippen LogP contribution in [0.5, 0.6) is 0 Å². The molecule has 1 aromatic rings. The molecule has 0 spiro atoms. The van der Waals surface area contributed by atoms with E-state index in [1.165, 1.54) is 12.3 Å². The van der Waals surface area contributed by atoms with Crippen LogP contribution in [0.15, 0.2) is 12.3 Å². The molecular weight excluding hydrogens is 234 g/mol. The monoisotopic (exact) mass is 251 g/mol. The van der Waals surface area contributed by atoms with Gasteiger partial charge in [0.15, 0.2) is 0 Å². The van der Waals surface area contributed by atoms with Gasteiger partial charge in [-0.25, -0.2) is 4.98 Å². The molecule has 2 rings (SSSR count). The lowest BCUT2D eigenvalue weighted by Crippen LogP contribution is -2.24. The van der Waals surface area contributed by atoms with Crippen molar-refractivity contribution in [3.63, 3.8) is 0 Å². The number of aromatic nitrogens is 1. The van der Waals surface area contributed by atoms with E-state index in [2.05, 4.69) is 10.3 Å². The summed E-state index contributed by atoms with van der Waals surface area (Å²) in [6.07, 6.45) is 3.73. The third kappa shape index (κ3) is 3.16. The Balaban J connectivity index is 1.96. The lowest BCUT2D eigenvalue weighted by atomic mass is 10.0. The van der Waals surface area contributed by atoms with Gasteiger partial charge in [0, 0.05) is 24.9 Å². The molecule has 1 saturated heterocycles. The van der Waals surface area contributed by atoms with Crippen LogP contribution in [0.3, 0.4) is 0 Å². The molecule has 98 valence electrons. The van der Waals surface area contributed by atoms with Gasteiger partial charge in [0.2, 0.25) is 0 Å². The number of hydrogen-bond acceptors (Lipinski definition) is 5. The summed E-state index contributed by atoms with van der Waals surface area (Å²) in [7, 11) is 0. The summed E-state index contributed by atoms with van der Waals surface area (Å²) >= 11 is 0. The number of ether oxygens (including phenoxy) is 1. The number of rotatable bonds is 4. The minimum absolute atomic E-state index is 0.104. The van der Waals surface area contributed by atoms with Crippen LogP contribution in [0, 0.1) is 23.0 Å². The SMILES string of the molecule is Cc1cnc(NCC2CCCOC2)cc1[N+](=O)[O-]. The highest BCUT2D eigenvalue weighted by molar-refractivity contribution is 5.48. The molecule has 2 heterocycles. The highest BCUT2D eigenvalue weighted by atomic mass is 16.6. The van der Waals surface area contributed by atoms with Crippen molar-refractivity contribution in [2.24, 2.45) is 5.92 Å². The predicted molar refractivity (Wildman–Crippen MR) is 67.7 cm³/mol. The summed E-state index contributed by atoms with van der Waals surface area (Å²) in [4.78, 5) is 14.6. The van der Waals surface area contributed by atoms with Crippen molar-refractivity contribution < 1.29 is 9.66 Å². The van der Waals surface area contributed by atoms with Crippen molar-refractivity contribution in [3.05, 3.63) is 27.9 Å². The smallest absolute Gasteiger partial charge is 0.277 e. The van der Waals surface area contributed by atoms with E-state index in [1.54, 1.807) is 6.92 Å². The zero-order valence-electron chi connectivity index (χ0n) is 10.4. The quantitative estimate of drug-likeness (QED) is 0.655. The number of anilines is 1. The maximum Gasteiger partial charge on any atom is 0.277 e. The second-order valence-electron chi connectivity index (χ2n) is 4.58. The fraction of sp³-hybridized carbons (Fsp3) is 0.583. The molecule has 1 fully saturated rings. The molecule has 0 bridgehead atoms. The van der Waals surface area contributed by atoms with Crippen molar-refractivity contribution in [2.45, 2.75) is 19.8 Å². The summed E-state index contributed by atoms with van der Waals surface area (Å²) in [5.41, 5.74) is 0.680. The first-order valence-corrected chi connectivity index (χ1v) is 6.09. The normalized spacial score (nSPS) is 19.5. The standard InChI is InChI=1S/C12H17N3O3/c1-9-6-13-12(5-11(9)15(16)17)14-7-10-3-2-4-18-8-10/h5-6,10H,2-4,7-8H2,1H3,(H,13,14). The minimum Gasteiger partial charge on any atom is -0.381 e. The number of nitro groups is 1. The van der Waals surface area contributed by atoms with E-state index in [0.29, 0.717) is 17.3 Å². The molecule has 1 aliphatic heterocycles. The molecule has 1 unspecified atom stereocenters. The zero-order valence-corrected chi connectivity index (χ0v) is 10.4. The van der Waals surface area contributed by atoms with Gasteiger partial charge in [-0.3, -0.25) is 10.1 Å². The van der Waals surface area contributed by atoms with Gasteiger partial charge in [-0.05, 0) is 25.7 Å². The number of pyridine rings is 1. The van der Waals surface area contributed by atoms with Crippen molar-refractivity contribution in [1.29, 1.82) is 0 Å². The molecule has 6 heteroatoms. The third-order valence-electron chi connectivity index (χ3n) is 3.10. The molecule has 1 atom stereocenters. The van der Waals surface area contributed by atoms with E-state index in [4.69, 9.17) is 4.74 Å². The van der Waals surface area contributed by atoms with E-state index in [-0.39, 0.29) is 10.6 Å². The topological polar surface area (TPSA) is 77.3 Å². The van der Waals surface area contributed by atoms with E-state index in [0.717, 1.165) is 32.6 Å². The number of hydrogen-bond donors (Lipinski definition) is 1. The maximum absolute atomic E-state index is 10.8. The van der Waals surface area contributed by atoms with Crippen molar-refractivity contribution >= 4 is 11.5 Å². The van der Waals surface area contributed by atoms with E-state index < -0.39 is 0 Å². The Morgan fingerprint density at radius 2 is 2.50 bits per heavy atom. The number of nitrogens with one attached hydrogen (secondary N) is 1. The largest absolute Gasteiger partial charge is 0.381 e. The van der Waals surface area contributed by atoms with Crippen LogP contribution in [0.2, 0.25) is 0 Å². The van der Waals surface area contributed by atoms with Gasteiger partial charge >= 0.3 is 0 Å². The Morgan fingerprint density at radius 1 is 1.67 bits per heavy atom. The van der Waals surface area contributed by atoms with Gasteiger partial charge in [-0.2, -0.15) is 0 Å². The van der Waals surface area contributed by atoms with Crippen molar-refractivity contribution in [2.75, 3.05) is 25.1 Å². The first-order valence-electron chi connectivity index (χ1n) is 6.09. The van der Waals surface area contributed by atoms with Gasteiger partial charge in [0.25, 0.3) is 5.69 Å². The second kappa shape index (κ2) is 5.77. The van der Waals surface area contributed by atoms with Crippen molar-refractivity contribution in [3.8, 4) is 0 Å². The summed E-state index contributed by atoms with van der Waals surface area (Å²) in [5, 5.41) is 14.0. The number of aryl methyl sites for hydroxylation is 1. The number of nitrogens with zero attached hydrogens (tertiary/aromatic N) is 2. The molecular formula is C12H17N3O3. The molecule has 1 N–H and O–H groups in total. The Labute approximate surface area is 106 Å². The summed E-state index contributed by atoms with van der Waals surface area (Å²) in [5.74, 6) is 1.01. The lowest BCUT2D eigenvalue weighted by Gasteiger charge is -2.22. The fourth-order valence-electron chi connectivity index (χ4n) is 2.02. The molecule has 1 aliphatic rings. The molecule has 0 saturated carbocycles. The predicted octanol–water partition coefficient (Wildman–Crippen LogP) is 2.14. The van der Waals surface area contributed by atoms with Crippen LogP contribution in [0.4, 0.5) is 11.5 Å². The summed E-state index contributed by atoms with van der Waals surface area (Å²) in [6.45, 7) is 4.02. The van der Waals surface area contributed by atoms with E-state index in [9.17, 15) is 10.1 Å². The summed E-state index contributed by atoms with van der Waals surface area (Å²) in [6, 6.07) is 1.49. The summed E-state index contributed by atoms with van der Waals surface area (Å²) < 4.78 is 5.38. The second-order valence-corrected chi connectivity index (χ2v) is 4.58. The van der Waals surface area contributed by atoms with Gasteiger partial charge in [0.1, 0.15) is 5.82 Å². The van der Waals surface area contributed by atoms with Gasteiger partial charge in [0.05, 0.1) is 17.6 Å². The maximum atomic E-state index is 10.8. The average molecular weight is 251 g/mol. The van der Waals surface area contributed by atoms with Gasteiger partial charge < -0.3 is 10.1 Å². The van der Waals surface area contributed by atoms with Crippen LogP contribution in [0.1, 0.15) is 18.4 Å². The van der Waals surface area contributed by atoms with Gasteiger partial charge in [-0.15, -0.1) is 0 Å². The van der Waals surface area contributed by atoms with Crippen LogP contribution in [0.25, 0.3) is 0 Å². The molecule has 0 radical (unpaired) electrons. The van der Waals surface area contributed by atoms with Crippen LogP contribution < -0.4 is 5.32 Å². The molecule has 0 amide bonds. The molecule has 0 aliphatic carbocycles. The average Bonchev–Trinajstić information content (AvgIpc) is 2.38. The molecule has 0 aromatic carbocycles. The Kier molecular flexibility index (Phi) is 4.09. The zero-order chi connectivity index (χ0) is 13.0. The van der Waals surface area contributed by atoms with Crippen LogP contribution >= 0.6 is 0 Å². The van der Waals surface area contributed by atoms with E-state index in [1.807, 2.05) is 0 Å². The highest BCUT2D eigenvalue weighted by Gasteiger charge is 2.15. The minimum atomic E-state index is -0.383. The van der Waals surface area contributed by atoms with Crippen LogP contribution in [-0.4, -0.2) is 29.7 Å².